The van der Waals surface area contributed by atoms with Crippen LogP contribution in [0.1, 0.15) is 13.3 Å². The highest BCUT2D eigenvalue weighted by molar-refractivity contribution is 6.30. The third kappa shape index (κ3) is 4.61. The van der Waals surface area contributed by atoms with Gasteiger partial charge in [0.2, 0.25) is 0 Å². The van der Waals surface area contributed by atoms with Crippen LogP contribution in [0.25, 0.3) is 0 Å². The van der Waals surface area contributed by atoms with E-state index in [9.17, 15) is 13.2 Å². The highest BCUT2D eigenvalue weighted by atomic mass is 35.5. The van der Waals surface area contributed by atoms with E-state index in [1.807, 2.05) is 6.92 Å². The van der Waals surface area contributed by atoms with Gasteiger partial charge < -0.3 is 9.47 Å². The maximum atomic E-state index is 12.0. The molecule has 90 valence electrons. The largest absolute Gasteiger partial charge is 0.573 e. The topological polar surface area (TPSA) is 18.5 Å². The van der Waals surface area contributed by atoms with Crippen molar-refractivity contribution in [1.29, 1.82) is 0 Å². The van der Waals surface area contributed by atoms with Gasteiger partial charge in [-0.05, 0) is 18.6 Å². The molecule has 0 amide bonds. The van der Waals surface area contributed by atoms with Gasteiger partial charge in [-0.15, -0.1) is 13.2 Å². The van der Waals surface area contributed by atoms with E-state index in [0.717, 1.165) is 18.6 Å². The zero-order valence-corrected chi connectivity index (χ0v) is 9.23. The molecule has 6 heteroatoms. The van der Waals surface area contributed by atoms with Crippen LogP contribution in [0.5, 0.6) is 11.5 Å². The lowest BCUT2D eigenvalue weighted by Crippen LogP contribution is -2.17. The van der Waals surface area contributed by atoms with E-state index in [4.69, 9.17) is 16.3 Å². The Balaban J connectivity index is 2.81. The molecule has 0 aliphatic rings. The first-order valence-electron chi connectivity index (χ1n) is 4.60. The molecule has 0 unspecified atom stereocenters. The molecule has 0 saturated heterocycles. The molecule has 0 radical (unpaired) electrons. The summed E-state index contributed by atoms with van der Waals surface area (Å²) in [4.78, 5) is 0. The zero-order chi connectivity index (χ0) is 12.2. The van der Waals surface area contributed by atoms with Crippen molar-refractivity contribution in [2.24, 2.45) is 0 Å². The molecule has 0 bridgehead atoms. The van der Waals surface area contributed by atoms with Crippen molar-refractivity contribution in [2.45, 2.75) is 19.7 Å². The van der Waals surface area contributed by atoms with Crippen LogP contribution in [-0.2, 0) is 0 Å². The Bertz CT molecular complexity index is 352. The lowest BCUT2D eigenvalue weighted by atomic mass is 10.3. The van der Waals surface area contributed by atoms with Crippen molar-refractivity contribution in [3.05, 3.63) is 23.2 Å². The number of halogens is 4. The van der Waals surface area contributed by atoms with Gasteiger partial charge in [0.1, 0.15) is 11.5 Å². The number of benzene rings is 1. The third-order valence-corrected chi connectivity index (χ3v) is 1.77. The molecule has 0 fully saturated rings. The first kappa shape index (κ1) is 13.0. The molecule has 0 heterocycles. The summed E-state index contributed by atoms with van der Waals surface area (Å²) in [5, 5.41) is 0.132. The van der Waals surface area contributed by atoms with Crippen molar-refractivity contribution in [3.8, 4) is 11.5 Å². The Hall–Kier alpha value is -1.10. The van der Waals surface area contributed by atoms with E-state index in [0.29, 0.717) is 6.61 Å². The maximum absolute atomic E-state index is 12.0. The van der Waals surface area contributed by atoms with E-state index < -0.39 is 6.36 Å². The molecule has 0 atom stereocenters. The summed E-state index contributed by atoms with van der Waals surface area (Å²) in [5.74, 6) is -0.125. The Labute approximate surface area is 95.9 Å². The maximum Gasteiger partial charge on any atom is 0.573 e. The summed E-state index contributed by atoms with van der Waals surface area (Å²) in [6.45, 7) is 2.30. The monoisotopic (exact) mass is 254 g/mol. The van der Waals surface area contributed by atoms with Gasteiger partial charge in [-0.3, -0.25) is 0 Å². The number of ether oxygens (including phenoxy) is 2. The third-order valence-electron chi connectivity index (χ3n) is 1.55. The number of hydrogen-bond donors (Lipinski definition) is 0. The average molecular weight is 255 g/mol. The summed E-state index contributed by atoms with van der Waals surface area (Å²) in [6.07, 6.45) is -3.98. The van der Waals surface area contributed by atoms with Gasteiger partial charge >= 0.3 is 6.36 Å². The second kappa shape index (κ2) is 5.30. The Morgan fingerprint density at radius 3 is 2.38 bits per heavy atom. The van der Waals surface area contributed by atoms with Crippen molar-refractivity contribution < 1.29 is 22.6 Å². The lowest BCUT2D eigenvalue weighted by Gasteiger charge is -2.11. The summed E-state index contributed by atoms with van der Waals surface area (Å²) in [7, 11) is 0. The fourth-order valence-corrected chi connectivity index (χ4v) is 1.25. The Kier molecular flexibility index (Phi) is 4.29. The molecule has 16 heavy (non-hydrogen) atoms. The fraction of sp³-hybridized carbons (Fsp3) is 0.400. The quantitative estimate of drug-likeness (QED) is 0.808. The van der Waals surface area contributed by atoms with Crippen LogP contribution in [0.4, 0.5) is 13.2 Å². The van der Waals surface area contributed by atoms with Gasteiger partial charge in [-0.1, -0.05) is 18.5 Å². The molecule has 0 aromatic heterocycles. The minimum absolute atomic E-state index is 0.132. The number of rotatable bonds is 4. The molecule has 0 saturated carbocycles. The first-order chi connectivity index (χ1) is 7.40. The van der Waals surface area contributed by atoms with Gasteiger partial charge in [0.15, 0.2) is 0 Å². The van der Waals surface area contributed by atoms with E-state index in [1.165, 1.54) is 6.07 Å². The molecular weight excluding hydrogens is 245 g/mol. The smallest absolute Gasteiger partial charge is 0.493 e. The number of hydrogen-bond acceptors (Lipinski definition) is 2. The molecule has 0 aliphatic heterocycles. The molecule has 1 aromatic rings. The average Bonchev–Trinajstić information content (AvgIpc) is 2.10. The van der Waals surface area contributed by atoms with Crippen LogP contribution in [0.15, 0.2) is 18.2 Å². The van der Waals surface area contributed by atoms with E-state index in [-0.39, 0.29) is 16.5 Å². The van der Waals surface area contributed by atoms with Gasteiger partial charge in [0.25, 0.3) is 0 Å². The van der Waals surface area contributed by atoms with Crippen molar-refractivity contribution in [2.75, 3.05) is 6.61 Å². The fourth-order valence-electron chi connectivity index (χ4n) is 1.03. The molecule has 0 aliphatic carbocycles. The summed E-state index contributed by atoms with van der Waals surface area (Å²) < 4.78 is 44.7. The van der Waals surface area contributed by atoms with Crippen LogP contribution in [0.2, 0.25) is 5.02 Å². The second-order valence-corrected chi connectivity index (χ2v) is 3.46. The van der Waals surface area contributed by atoms with Crippen LogP contribution in [-0.4, -0.2) is 13.0 Å². The highest BCUT2D eigenvalue weighted by Gasteiger charge is 2.31. The summed E-state index contributed by atoms with van der Waals surface area (Å²) in [5.41, 5.74) is 0. The summed E-state index contributed by atoms with van der Waals surface area (Å²) >= 11 is 5.63. The SMILES string of the molecule is CCCOc1cc(Cl)cc(OC(F)(F)F)c1. The molecule has 0 spiro atoms. The normalized spacial score (nSPS) is 11.3. The van der Waals surface area contributed by atoms with Gasteiger partial charge in [-0.25, -0.2) is 0 Å². The molecular formula is C10H10ClF3O2. The van der Waals surface area contributed by atoms with Crippen molar-refractivity contribution in [1.82, 2.24) is 0 Å². The van der Waals surface area contributed by atoms with Crippen LogP contribution >= 0.6 is 11.6 Å². The first-order valence-corrected chi connectivity index (χ1v) is 4.97. The van der Waals surface area contributed by atoms with Crippen molar-refractivity contribution in [3.63, 3.8) is 0 Å². The Morgan fingerprint density at radius 1 is 1.19 bits per heavy atom. The highest BCUT2D eigenvalue weighted by Crippen LogP contribution is 2.30. The van der Waals surface area contributed by atoms with Gasteiger partial charge in [0, 0.05) is 11.1 Å². The zero-order valence-electron chi connectivity index (χ0n) is 8.47. The standard InChI is InChI=1S/C10H10ClF3O2/c1-2-3-15-8-4-7(11)5-9(6-8)16-10(12,13)14/h4-6H,2-3H2,1H3. The molecule has 1 aromatic carbocycles. The minimum Gasteiger partial charge on any atom is -0.493 e. The molecule has 0 N–H and O–H groups in total. The van der Waals surface area contributed by atoms with Gasteiger partial charge in [0.05, 0.1) is 6.61 Å². The lowest BCUT2D eigenvalue weighted by molar-refractivity contribution is -0.274. The van der Waals surface area contributed by atoms with Crippen molar-refractivity contribution >= 4 is 11.6 Å². The van der Waals surface area contributed by atoms with E-state index in [1.54, 1.807) is 0 Å². The minimum atomic E-state index is -4.73. The van der Waals surface area contributed by atoms with Crippen LogP contribution < -0.4 is 9.47 Å². The van der Waals surface area contributed by atoms with E-state index >= 15 is 0 Å². The predicted molar refractivity (Wildman–Crippen MR) is 53.9 cm³/mol. The second-order valence-electron chi connectivity index (χ2n) is 3.02. The van der Waals surface area contributed by atoms with Crippen LogP contribution in [0.3, 0.4) is 0 Å². The van der Waals surface area contributed by atoms with Crippen LogP contribution in [0, 0.1) is 0 Å². The Morgan fingerprint density at radius 2 is 1.81 bits per heavy atom. The molecule has 1 rings (SSSR count). The number of alkyl halides is 3. The molecule has 2 nitrogen and oxygen atoms in total. The predicted octanol–water partition coefficient (Wildman–Crippen LogP) is 4.03. The summed E-state index contributed by atoms with van der Waals surface area (Å²) in [6, 6.07) is 3.66. The van der Waals surface area contributed by atoms with E-state index in [2.05, 4.69) is 4.74 Å². The van der Waals surface area contributed by atoms with Gasteiger partial charge in [-0.2, -0.15) is 0 Å².